The van der Waals surface area contributed by atoms with Gasteiger partial charge in [0.15, 0.2) is 0 Å². The maximum absolute atomic E-state index is 14.1. The zero-order valence-electron chi connectivity index (χ0n) is 29.6. The molecule has 3 atom stereocenters. The lowest BCUT2D eigenvalue weighted by Crippen LogP contribution is -2.61. The van der Waals surface area contributed by atoms with Gasteiger partial charge in [-0.1, -0.05) is 96.5 Å². The number of hydrogen-bond acceptors (Lipinski definition) is 8. The van der Waals surface area contributed by atoms with Crippen LogP contribution in [0.5, 0.6) is 0 Å². The fourth-order valence-electron chi connectivity index (χ4n) is 5.37. The molecule has 264 valence electrons. The van der Waals surface area contributed by atoms with Gasteiger partial charge >= 0.3 is 5.97 Å². The van der Waals surface area contributed by atoms with Gasteiger partial charge in [0, 0.05) is 18.0 Å². The van der Waals surface area contributed by atoms with E-state index in [0.717, 1.165) is 18.7 Å². The maximum atomic E-state index is 14.1. The van der Waals surface area contributed by atoms with Crippen molar-refractivity contribution in [3.63, 3.8) is 0 Å². The fourth-order valence-corrected chi connectivity index (χ4v) is 6.92. The zero-order chi connectivity index (χ0) is 36.8. The first-order chi connectivity index (χ1) is 22.1. The van der Waals surface area contributed by atoms with Crippen LogP contribution in [0.3, 0.4) is 0 Å². The first kappa shape index (κ1) is 40.4. The van der Waals surface area contributed by atoms with Gasteiger partial charge < -0.3 is 20.3 Å². The van der Waals surface area contributed by atoms with Crippen LogP contribution in [0.4, 0.5) is 0 Å². The van der Waals surface area contributed by atoms with Crippen molar-refractivity contribution in [2.24, 2.45) is 11.3 Å². The topological polar surface area (TPSA) is 151 Å². The Hall–Kier alpha value is -3.74. The van der Waals surface area contributed by atoms with Crippen molar-refractivity contribution in [2.75, 3.05) is 21.2 Å². The number of rotatable bonds is 13. The molecular weight excluding hydrogens is 656 g/mol. The summed E-state index contributed by atoms with van der Waals surface area (Å²) < 4.78 is 32.9. The molecule has 0 aliphatic rings. The van der Waals surface area contributed by atoms with E-state index in [4.69, 9.17) is 11.6 Å². The fraction of sp³-hybridized carbons (Fsp3) is 0.486. The molecule has 0 aliphatic heterocycles. The van der Waals surface area contributed by atoms with Crippen molar-refractivity contribution in [3.05, 3.63) is 76.3 Å². The van der Waals surface area contributed by atoms with Crippen LogP contribution in [0, 0.1) is 11.3 Å². The summed E-state index contributed by atoms with van der Waals surface area (Å²) in [4.78, 5) is 54.0. The summed E-state index contributed by atoms with van der Waals surface area (Å²) >= 11 is 6.11. The normalized spacial score (nSPS) is 14.5. The van der Waals surface area contributed by atoms with Crippen molar-refractivity contribution in [2.45, 2.75) is 83.8 Å². The Morgan fingerprint density at radius 1 is 0.958 bits per heavy atom. The highest BCUT2D eigenvalue weighted by atomic mass is 35.5. The van der Waals surface area contributed by atoms with Gasteiger partial charge in [0.1, 0.15) is 10.9 Å². The van der Waals surface area contributed by atoms with Gasteiger partial charge in [-0.15, -0.1) is 0 Å². The van der Waals surface area contributed by atoms with Gasteiger partial charge in [-0.3, -0.25) is 14.4 Å². The Morgan fingerprint density at radius 2 is 1.54 bits per heavy atom. The van der Waals surface area contributed by atoms with E-state index in [0.29, 0.717) is 0 Å². The minimum absolute atomic E-state index is 0.0216. The lowest BCUT2D eigenvalue weighted by molar-refractivity contribution is -0.140. The quantitative estimate of drug-likeness (QED) is 0.204. The van der Waals surface area contributed by atoms with E-state index in [-0.39, 0.29) is 33.9 Å². The number of esters is 1. The van der Waals surface area contributed by atoms with Crippen LogP contribution in [0.2, 0.25) is 5.02 Å². The number of benzene rings is 2. The molecule has 2 rings (SSSR count). The van der Waals surface area contributed by atoms with E-state index in [1.807, 2.05) is 83.5 Å². The van der Waals surface area contributed by atoms with E-state index in [1.54, 1.807) is 14.1 Å². The molecule has 0 saturated carbocycles. The molecule has 0 heterocycles. The Bertz CT molecular complexity index is 1630. The predicted molar refractivity (Wildman–Crippen MR) is 187 cm³/mol. The van der Waals surface area contributed by atoms with Crippen LogP contribution in [-0.4, -0.2) is 76.3 Å². The van der Waals surface area contributed by atoms with Gasteiger partial charge in [-0.2, -0.15) is 0 Å². The molecule has 48 heavy (non-hydrogen) atoms. The highest BCUT2D eigenvalue weighted by Gasteiger charge is 2.41. The van der Waals surface area contributed by atoms with Crippen LogP contribution >= 0.6 is 11.6 Å². The number of sulfonamides is 1. The summed E-state index contributed by atoms with van der Waals surface area (Å²) in [7, 11) is -0.0632. The predicted octanol–water partition coefficient (Wildman–Crippen LogP) is 4.46. The minimum Gasteiger partial charge on any atom is -0.465 e. The van der Waals surface area contributed by atoms with Crippen molar-refractivity contribution in [3.8, 4) is 0 Å². The number of carbonyl (C=O) groups is 4. The number of amides is 3. The molecule has 2 aromatic rings. The summed E-state index contributed by atoms with van der Waals surface area (Å²) in [6.45, 7) is 14.6. The molecule has 11 nitrogen and oxygen atoms in total. The number of halogens is 1. The van der Waals surface area contributed by atoms with E-state index in [1.165, 1.54) is 30.0 Å². The first-order valence-corrected chi connectivity index (χ1v) is 17.4. The lowest BCUT2D eigenvalue weighted by Gasteiger charge is -2.40. The van der Waals surface area contributed by atoms with Gasteiger partial charge in [0.2, 0.25) is 11.8 Å². The Labute approximate surface area is 289 Å². The van der Waals surface area contributed by atoms with E-state index in [2.05, 4.69) is 15.4 Å². The van der Waals surface area contributed by atoms with Gasteiger partial charge in [-0.05, 0) is 49.1 Å². The van der Waals surface area contributed by atoms with Gasteiger partial charge in [0.05, 0.1) is 29.8 Å². The van der Waals surface area contributed by atoms with Crippen LogP contribution in [0.15, 0.2) is 65.1 Å². The molecule has 0 aromatic heterocycles. The van der Waals surface area contributed by atoms with Crippen LogP contribution < -0.4 is 15.4 Å². The third-order valence-electron chi connectivity index (χ3n) is 8.32. The first-order valence-electron chi connectivity index (χ1n) is 15.5. The summed E-state index contributed by atoms with van der Waals surface area (Å²) in [5, 5.41) is 5.91. The molecule has 0 bridgehead atoms. The Morgan fingerprint density at radius 3 is 2.04 bits per heavy atom. The second-order valence-electron chi connectivity index (χ2n) is 13.7. The van der Waals surface area contributed by atoms with E-state index < -0.39 is 55.8 Å². The summed E-state index contributed by atoms with van der Waals surface area (Å²) in [5.41, 5.74) is -0.397. The maximum Gasteiger partial charge on any atom is 0.337 e. The second kappa shape index (κ2) is 16.1. The molecule has 3 unspecified atom stereocenters. The van der Waals surface area contributed by atoms with Crippen LogP contribution in [-0.2, 0) is 34.6 Å². The molecule has 13 heteroatoms. The molecule has 0 radical (unpaired) electrons. The number of ether oxygens (including phenoxy) is 1. The highest BCUT2D eigenvalue weighted by molar-refractivity contribution is 7.90. The highest BCUT2D eigenvalue weighted by Crippen LogP contribution is 2.29. The monoisotopic (exact) mass is 704 g/mol. The Kier molecular flexibility index (Phi) is 13.6. The van der Waals surface area contributed by atoms with Crippen molar-refractivity contribution in [1.82, 2.24) is 20.3 Å². The molecule has 3 amide bonds. The molecule has 0 aliphatic carbocycles. The number of methoxy groups -OCH3 is 1. The summed E-state index contributed by atoms with van der Waals surface area (Å²) in [5.74, 6) is -2.65. The summed E-state index contributed by atoms with van der Waals surface area (Å²) in [6.07, 6.45) is 1.51. The number of likely N-dealkylation sites (N-methyl/N-ethyl adjacent to an activating group) is 2. The average Bonchev–Trinajstić information content (AvgIpc) is 3.01. The van der Waals surface area contributed by atoms with Crippen LogP contribution in [0.25, 0.3) is 0 Å². The molecule has 0 spiro atoms. The molecule has 3 N–H and O–H groups in total. The standard InChI is InChI=1S/C35H49ClN4O7S/c1-21(2)26(19-22(3)30(41)39-48(45,46)27-20-23(33(44)47-11)17-18-25(27)36)40(10)32(43)29(34(4,5)6)38-31(42)28(37-9)35(7,8)24-15-13-12-14-16-24/h12-21,26,28-29,37H,1-11H3,(H,38,42)(H,39,41). The van der Waals surface area contributed by atoms with E-state index in [9.17, 15) is 27.6 Å². The smallest absolute Gasteiger partial charge is 0.337 e. The van der Waals surface area contributed by atoms with Crippen molar-refractivity contribution < 1.29 is 32.3 Å². The number of nitrogens with one attached hydrogen (secondary N) is 3. The largest absolute Gasteiger partial charge is 0.465 e. The van der Waals surface area contributed by atoms with Gasteiger partial charge in [-0.25, -0.2) is 17.9 Å². The summed E-state index contributed by atoms with van der Waals surface area (Å²) in [6, 6.07) is 10.9. The average molecular weight is 705 g/mol. The lowest BCUT2D eigenvalue weighted by atomic mass is 9.76. The zero-order valence-corrected chi connectivity index (χ0v) is 31.2. The second-order valence-corrected chi connectivity index (χ2v) is 15.8. The molecule has 2 aromatic carbocycles. The minimum atomic E-state index is -4.50. The van der Waals surface area contributed by atoms with Crippen LogP contribution in [0.1, 0.15) is 71.3 Å². The molecular formula is C35H49ClN4O7S. The SMILES string of the molecule is CNC(C(=O)NC(C(=O)N(C)C(C=C(C)C(=O)NS(=O)(=O)c1cc(C(=O)OC)ccc1Cl)C(C)C)C(C)(C)C)C(C)(C)c1ccccc1. The number of hydrogen-bond donors (Lipinski definition) is 3. The van der Waals surface area contributed by atoms with E-state index >= 15 is 0 Å². The van der Waals surface area contributed by atoms with Crippen molar-refractivity contribution >= 4 is 45.3 Å². The molecule has 0 saturated heterocycles. The third kappa shape index (κ3) is 9.67. The van der Waals surface area contributed by atoms with Gasteiger partial charge in [0.25, 0.3) is 15.9 Å². The number of carbonyl (C=O) groups excluding carboxylic acids is 4. The third-order valence-corrected chi connectivity index (χ3v) is 10.1. The Balaban J connectivity index is 2.37. The molecule has 0 fully saturated rings. The van der Waals surface area contributed by atoms with Crippen molar-refractivity contribution in [1.29, 1.82) is 0 Å². The number of nitrogens with zero attached hydrogens (tertiary/aromatic N) is 1.